The summed E-state index contributed by atoms with van der Waals surface area (Å²) in [6, 6.07) is 0. The third-order valence-electron chi connectivity index (χ3n) is 3.37. The molecule has 7 nitrogen and oxygen atoms in total. The third kappa shape index (κ3) is 4.89. The van der Waals surface area contributed by atoms with Crippen LogP contribution in [0.3, 0.4) is 0 Å². The Kier molecular flexibility index (Phi) is 5.56. The molecule has 23 heavy (non-hydrogen) atoms. The van der Waals surface area contributed by atoms with Crippen molar-refractivity contribution >= 4 is 28.4 Å². The van der Waals surface area contributed by atoms with E-state index in [1.165, 1.54) is 11.3 Å². The van der Waals surface area contributed by atoms with E-state index in [0.717, 1.165) is 0 Å². The molecule has 1 aromatic rings. The van der Waals surface area contributed by atoms with Gasteiger partial charge >= 0.3 is 11.9 Å². The second-order valence-electron chi connectivity index (χ2n) is 6.41. The summed E-state index contributed by atoms with van der Waals surface area (Å²) in [5.74, 6) is -0.663. The highest BCUT2D eigenvalue weighted by Crippen LogP contribution is 2.27. The normalized spacial score (nSPS) is 16.3. The molecule has 1 aliphatic rings. The summed E-state index contributed by atoms with van der Waals surface area (Å²) in [5, 5.41) is 8.87. The molecule has 1 aromatic heterocycles. The van der Waals surface area contributed by atoms with Gasteiger partial charge in [0.2, 0.25) is 10.1 Å². The zero-order valence-electron chi connectivity index (χ0n) is 14.0. The molecule has 0 saturated carbocycles. The molecule has 0 N–H and O–H groups in total. The number of rotatable bonds is 4. The maximum Gasteiger partial charge on any atom is 0.369 e. The lowest BCUT2D eigenvalue weighted by Gasteiger charge is -2.31. The highest BCUT2D eigenvalue weighted by molar-refractivity contribution is 7.17. The minimum Gasteiger partial charge on any atom is -0.461 e. The van der Waals surface area contributed by atoms with Crippen LogP contribution in [0.15, 0.2) is 0 Å². The molecule has 8 heteroatoms. The maximum atomic E-state index is 12.1. The lowest BCUT2D eigenvalue weighted by Crippen LogP contribution is -2.38. The second-order valence-corrected chi connectivity index (χ2v) is 7.36. The Morgan fingerprint density at radius 3 is 2.48 bits per heavy atom. The highest BCUT2D eigenvalue weighted by Gasteiger charge is 2.30. The first-order valence-corrected chi connectivity index (χ1v) is 8.60. The molecule has 0 aromatic carbocycles. The number of hydrogen-bond acceptors (Lipinski definition) is 8. The van der Waals surface area contributed by atoms with Crippen LogP contribution in [0.1, 0.15) is 50.3 Å². The molecule has 2 heterocycles. The molecule has 2 rings (SSSR count). The molecule has 0 amide bonds. The van der Waals surface area contributed by atoms with Gasteiger partial charge in [0.1, 0.15) is 5.60 Å². The molecule has 0 spiro atoms. The van der Waals surface area contributed by atoms with Crippen LogP contribution < -0.4 is 4.90 Å². The van der Waals surface area contributed by atoms with Gasteiger partial charge in [0, 0.05) is 13.1 Å². The number of carbonyl (C=O) groups is 2. The fraction of sp³-hybridized carbons (Fsp3) is 0.733. The summed E-state index contributed by atoms with van der Waals surface area (Å²) in [6.07, 6.45) is 1.42. The van der Waals surface area contributed by atoms with Crippen LogP contribution in [0.5, 0.6) is 0 Å². The molecule has 0 bridgehead atoms. The second kappa shape index (κ2) is 7.25. The smallest absolute Gasteiger partial charge is 0.369 e. The van der Waals surface area contributed by atoms with Gasteiger partial charge in [-0.25, -0.2) is 4.79 Å². The van der Waals surface area contributed by atoms with Crippen molar-refractivity contribution in [3.05, 3.63) is 5.01 Å². The predicted molar refractivity (Wildman–Crippen MR) is 86.6 cm³/mol. The number of ether oxygens (including phenoxy) is 2. The topological polar surface area (TPSA) is 81.6 Å². The lowest BCUT2D eigenvalue weighted by atomic mass is 9.97. The first-order chi connectivity index (χ1) is 10.8. The lowest BCUT2D eigenvalue weighted by molar-refractivity contribution is -0.160. The van der Waals surface area contributed by atoms with Gasteiger partial charge in [-0.1, -0.05) is 11.3 Å². The van der Waals surface area contributed by atoms with Gasteiger partial charge in [0.05, 0.1) is 12.5 Å². The van der Waals surface area contributed by atoms with E-state index in [1.54, 1.807) is 6.92 Å². The number of hydrogen-bond donors (Lipinski definition) is 0. The molecule has 1 saturated heterocycles. The summed E-state index contributed by atoms with van der Waals surface area (Å²) in [6.45, 7) is 9.08. The van der Waals surface area contributed by atoms with Crippen LogP contribution >= 0.6 is 11.3 Å². The molecular weight excluding hydrogens is 318 g/mol. The van der Waals surface area contributed by atoms with Crippen molar-refractivity contribution in [1.29, 1.82) is 0 Å². The predicted octanol–water partition coefficient (Wildman–Crippen LogP) is 2.27. The number of carbonyl (C=O) groups excluding carboxylic acids is 2. The standard InChI is InChI=1S/C15H23N3O4S/c1-5-21-13(20)11-16-17-14(23-11)18-8-6-10(7-9-18)12(19)22-15(2,3)4/h10H,5-9H2,1-4H3. The maximum absolute atomic E-state index is 12.1. The summed E-state index contributed by atoms with van der Waals surface area (Å²) >= 11 is 1.22. The fourth-order valence-electron chi connectivity index (χ4n) is 2.31. The molecule has 0 radical (unpaired) electrons. The first kappa shape index (κ1) is 17.7. The Hall–Kier alpha value is -1.70. The average molecular weight is 341 g/mol. The number of esters is 2. The van der Waals surface area contributed by atoms with E-state index in [4.69, 9.17) is 9.47 Å². The zero-order valence-corrected chi connectivity index (χ0v) is 14.8. The van der Waals surface area contributed by atoms with Crippen molar-refractivity contribution in [1.82, 2.24) is 10.2 Å². The van der Waals surface area contributed by atoms with Crippen molar-refractivity contribution in [3.8, 4) is 0 Å². The average Bonchev–Trinajstić information content (AvgIpc) is 2.96. The van der Waals surface area contributed by atoms with Gasteiger partial charge in [0.15, 0.2) is 0 Å². The number of nitrogens with zero attached hydrogens (tertiary/aromatic N) is 3. The van der Waals surface area contributed by atoms with Crippen molar-refractivity contribution < 1.29 is 19.1 Å². The molecular formula is C15H23N3O4S. The number of aromatic nitrogens is 2. The van der Waals surface area contributed by atoms with Gasteiger partial charge in [-0.05, 0) is 40.5 Å². The van der Waals surface area contributed by atoms with E-state index >= 15 is 0 Å². The van der Waals surface area contributed by atoms with Crippen molar-refractivity contribution in [2.75, 3.05) is 24.6 Å². The molecule has 128 valence electrons. The quantitative estimate of drug-likeness (QED) is 0.777. The van der Waals surface area contributed by atoms with E-state index in [1.807, 2.05) is 25.7 Å². The largest absolute Gasteiger partial charge is 0.461 e. The van der Waals surface area contributed by atoms with E-state index in [0.29, 0.717) is 37.7 Å². The Bertz CT molecular complexity index is 559. The van der Waals surface area contributed by atoms with Gasteiger partial charge in [0.25, 0.3) is 0 Å². The van der Waals surface area contributed by atoms with Crippen LogP contribution in [0.4, 0.5) is 5.13 Å². The summed E-state index contributed by atoms with van der Waals surface area (Å²) in [4.78, 5) is 25.8. The molecule has 0 aliphatic carbocycles. The van der Waals surface area contributed by atoms with Crippen LogP contribution in [0.25, 0.3) is 0 Å². The first-order valence-electron chi connectivity index (χ1n) is 7.78. The molecule has 0 unspecified atom stereocenters. The van der Waals surface area contributed by atoms with E-state index in [9.17, 15) is 9.59 Å². The zero-order chi connectivity index (χ0) is 17.0. The molecule has 1 aliphatic heterocycles. The van der Waals surface area contributed by atoms with Gasteiger partial charge in [-0.15, -0.1) is 10.2 Å². The summed E-state index contributed by atoms with van der Waals surface area (Å²) in [7, 11) is 0. The van der Waals surface area contributed by atoms with Crippen molar-refractivity contribution in [2.45, 2.75) is 46.1 Å². The number of anilines is 1. The Balaban J connectivity index is 1.89. The van der Waals surface area contributed by atoms with E-state index in [-0.39, 0.29) is 16.9 Å². The van der Waals surface area contributed by atoms with Crippen molar-refractivity contribution in [2.24, 2.45) is 5.92 Å². The van der Waals surface area contributed by atoms with Crippen LogP contribution in [0, 0.1) is 5.92 Å². The summed E-state index contributed by atoms with van der Waals surface area (Å²) in [5.41, 5.74) is -0.456. The van der Waals surface area contributed by atoms with Crippen LogP contribution in [-0.2, 0) is 14.3 Å². The Labute approximate surface area is 140 Å². The van der Waals surface area contributed by atoms with Gasteiger partial charge in [-0.2, -0.15) is 0 Å². The Morgan fingerprint density at radius 2 is 1.91 bits per heavy atom. The molecule has 1 fully saturated rings. The SMILES string of the molecule is CCOC(=O)c1nnc(N2CCC(C(=O)OC(C)(C)C)CC2)s1. The summed E-state index contributed by atoms with van der Waals surface area (Å²) < 4.78 is 10.3. The van der Waals surface area contributed by atoms with E-state index < -0.39 is 11.6 Å². The van der Waals surface area contributed by atoms with Gasteiger partial charge < -0.3 is 14.4 Å². The minimum atomic E-state index is -0.456. The highest BCUT2D eigenvalue weighted by atomic mass is 32.1. The monoisotopic (exact) mass is 341 g/mol. The fourth-order valence-corrected chi connectivity index (χ4v) is 3.10. The third-order valence-corrected chi connectivity index (χ3v) is 4.33. The minimum absolute atomic E-state index is 0.0806. The van der Waals surface area contributed by atoms with Crippen molar-refractivity contribution in [3.63, 3.8) is 0 Å². The number of piperidine rings is 1. The Morgan fingerprint density at radius 1 is 1.26 bits per heavy atom. The molecule has 0 atom stereocenters. The van der Waals surface area contributed by atoms with Crippen LogP contribution in [-0.4, -0.2) is 47.4 Å². The van der Waals surface area contributed by atoms with E-state index in [2.05, 4.69) is 10.2 Å². The van der Waals surface area contributed by atoms with Crippen LogP contribution in [0.2, 0.25) is 0 Å². The van der Waals surface area contributed by atoms with Gasteiger partial charge in [-0.3, -0.25) is 4.79 Å².